The summed E-state index contributed by atoms with van der Waals surface area (Å²) in [5, 5.41) is 0.964. The third-order valence-electron chi connectivity index (χ3n) is 5.10. The Labute approximate surface area is 146 Å². The van der Waals surface area contributed by atoms with Crippen molar-refractivity contribution in [2.24, 2.45) is 0 Å². The number of amides is 1. The van der Waals surface area contributed by atoms with Gasteiger partial charge in [-0.2, -0.15) is 0 Å². The molecular weight excluding hydrogens is 320 g/mol. The maximum absolute atomic E-state index is 12.9. The molecule has 1 saturated heterocycles. The average molecular weight is 344 g/mol. The van der Waals surface area contributed by atoms with Crippen molar-refractivity contribution >= 4 is 17.2 Å². The van der Waals surface area contributed by atoms with E-state index >= 15 is 0 Å². The van der Waals surface area contributed by atoms with Gasteiger partial charge in [-0.15, -0.1) is 11.3 Å². The first-order valence-corrected chi connectivity index (χ1v) is 9.63. The highest BCUT2D eigenvalue weighted by Gasteiger charge is 2.34. The summed E-state index contributed by atoms with van der Waals surface area (Å²) in [7, 11) is 0. The van der Waals surface area contributed by atoms with Crippen LogP contribution >= 0.6 is 11.3 Å². The van der Waals surface area contributed by atoms with Crippen LogP contribution in [0.25, 0.3) is 0 Å². The number of rotatable bonds is 3. The van der Waals surface area contributed by atoms with E-state index in [1.165, 1.54) is 35.7 Å². The fourth-order valence-corrected chi connectivity index (χ4v) is 4.69. The Morgan fingerprint density at radius 1 is 1.25 bits per heavy atom. The van der Waals surface area contributed by atoms with Crippen LogP contribution in [0.1, 0.15) is 69.5 Å². The van der Waals surface area contributed by atoms with Crippen LogP contribution in [-0.2, 0) is 0 Å². The molecule has 2 aromatic heterocycles. The van der Waals surface area contributed by atoms with Crippen LogP contribution in [-0.4, -0.2) is 38.4 Å². The molecule has 2 aliphatic rings. The highest BCUT2D eigenvalue weighted by molar-refractivity contribution is 7.13. The van der Waals surface area contributed by atoms with Crippen LogP contribution in [0.15, 0.2) is 6.20 Å². The van der Waals surface area contributed by atoms with Gasteiger partial charge in [-0.3, -0.25) is 4.79 Å². The first-order chi connectivity index (χ1) is 11.5. The zero-order valence-electron chi connectivity index (χ0n) is 14.6. The molecule has 4 rings (SSSR count). The molecule has 128 valence electrons. The minimum absolute atomic E-state index is 0.147. The number of imidazole rings is 1. The summed E-state index contributed by atoms with van der Waals surface area (Å²) in [6, 6.07) is 0.357. The molecule has 1 atom stereocenters. The lowest BCUT2D eigenvalue weighted by atomic mass is 10.0. The number of likely N-dealkylation sites (tertiary alicyclic amines) is 1. The zero-order chi connectivity index (χ0) is 16.8. The summed E-state index contributed by atoms with van der Waals surface area (Å²) in [5.41, 5.74) is 2.09. The highest BCUT2D eigenvalue weighted by Crippen LogP contribution is 2.41. The van der Waals surface area contributed by atoms with Gasteiger partial charge in [-0.25, -0.2) is 9.97 Å². The summed E-state index contributed by atoms with van der Waals surface area (Å²) in [4.78, 5) is 24.8. The van der Waals surface area contributed by atoms with Crippen molar-refractivity contribution in [3.8, 4) is 0 Å². The van der Waals surface area contributed by atoms with Crippen LogP contribution in [0.2, 0.25) is 0 Å². The smallest absolute Gasteiger partial charge is 0.265 e. The molecule has 2 fully saturated rings. The molecular formula is C18H24N4OS. The van der Waals surface area contributed by atoms with Crippen LogP contribution in [0.4, 0.5) is 0 Å². The average Bonchev–Trinajstić information content (AvgIpc) is 3.26. The third-order valence-corrected chi connectivity index (χ3v) is 6.16. The van der Waals surface area contributed by atoms with E-state index in [2.05, 4.69) is 21.5 Å². The molecule has 1 aliphatic heterocycles. The van der Waals surface area contributed by atoms with Crippen LogP contribution in [0.3, 0.4) is 0 Å². The van der Waals surface area contributed by atoms with E-state index in [1.807, 2.05) is 24.9 Å². The van der Waals surface area contributed by atoms with E-state index in [1.54, 1.807) is 0 Å². The van der Waals surface area contributed by atoms with Gasteiger partial charge >= 0.3 is 0 Å². The minimum Gasteiger partial charge on any atom is -0.336 e. The lowest BCUT2D eigenvalue weighted by Gasteiger charge is -2.34. The second kappa shape index (κ2) is 5.99. The van der Waals surface area contributed by atoms with Crippen molar-refractivity contribution in [2.45, 2.75) is 58.4 Å². The lowest BCUT2D eigenvalue weighted by molar-refractivity contribution is 0.0680. The number of aromatic nitrogens is 3. The van der Waals surface area contributed by atoms with Gasteiger partial charge in [0.15, 0.2) is 0 Å². The Hall–Kier alpha value is -1.69. The minimum atomic E-state index is 0.147. The Morgan fingerprint density at radius 3 is 2.71 bits per heavy atom. The molecule has 1 unspecified atom stereocenters. The number of hydrogen-bond acceptors (Lipinski definition) is 4. The zero-order valence-corrected chi connectivity index (χ0v) is 15.4. The Morgan fingerprint density at radius 2 is 2.04 bits per heavy atom. The van der Waals surface area contributed by atoms with Crippen molar-refractivity contribution in [1.82, 2.24) is 19.4 Å². The Bertz CT molecular complexity index is 774. The van der Waals surface area contributed by atoms with E-state index < -0.39 is 0 Å². The first-order valence-electron chi connectivity index (χ1n) is 8.81. The Balaban J connectivity index is 1.57. The van der Waals surface area contributed by atoms with Crippen molar-refractivity contribution in [1.29, 1.82) is 0 Å². The van der Waals surface area contributed by atoms with E-state index in [9.17, 15) is 4.79 Å². The van der Waals surface area contributed by atoms with Gasteiger partial charge in [-0.1, -0.05) is 0 Å². The van der Waals surface area contributed by atoms with Crippen molar-refractivity contribution in [2.75, 3.05) is 13.1 Å². The van der Waals surface area contributed by atoms with Crippen molar-refractivity contribution < 1.29 is 4.79 Å². The maximum Gasteiger partial charge on any atom is 0.265 e. The SMILES string of the molecule is Cc1nc(C)c(C(=O)N2CCCC(n3c(C)cnc3C3CC3)C2)s1. The molecule has 0 spiro atoms. The second-order valence-corrected chi connectivity index (χ2v) is 8.30. The summed E-state index contributed by atoms with van der Waals surface area (Å²) in [5.74, 6) is 2.02. The molecule has 0 aromatic carbocycles. The number of carbonyl (C=O) groups is 1. The predicted molar refractivity (Wildman–Crippen MR) is 94.7 cm³/mol. The van der Waals surface area contributed by atoms with Gasteiger partial charge in [0.25, 0.3) is 5.91 Å². The molecule has 1 saturated carbocycles. The molecule has 5 nitrogen and oxygen atoms in total. The molecule has 2 aromatic rings. The largest absolute Gasteiger partial charge is 0.336 e. The van der Waals surface area contributed by atoms with Crippen molar-refractivity contribution in [3.63, 3.8) is 0 Å². The number of aryl methyl sites for hydroxylation is 3. The van der Waals surface area contributed by atoms with Gasteiger partial charge in [-0.05, 0) is 46.5 Å². The number of piperidine rings is 1. The molecule has 24 heavy (non-hydrogen) atoms. The van der Waals surface area contributed by atoms with Crippen LogP contribution in [0, 0.1) is 20.8 Å². The number of hydrogen-bond donors (Lipinski definition) is 0. The van der Waals surface area contributed by atoms with Crippen LogP contribution in [0.5, 0.6) is 0 Å². The number of thiazole rings is 1. The molecule has 3 heterocycles. The molecule has 1 aliphatic carbocycles. The normalized spacial score (nSPS) is 21.3. The lowest BCUT2D eigenvalue weighted by Crippen LogP contribution is -2.41. The van der Waals surface area contributed by atoms with E-state index in [-0.39, 0.29) is 5.91 Å². The molecule has 0 N–H and O–H groups in total. The van der Waals surface area contributed by atoms with E-state index in [0.717, 1.165) is 41.5 Å². The molecule has 0 bridgehead atoms. The number of nitrogens with zero attached hydrogens (tertiary/aromatic N) is 4. The quantitative estimate of drug-likeness (QED) is 0.854. The fourth-order valence-electron chi connectivity index (χ4n) is 3.81. The van der Waals surface area contributed by atoms with Gasteiger partial charge < -0.3 is 9.47 Å². The standard InChI is InChI=1S/C18H24N4OS/c1-11-9-19-17(14-6-7-14)22(11)15-5-4-8-21(10-15)18(23)16-12(2)20-13(3)24-16/h9,14-15H,4-8,10H2,1-3H3. The van der Waals surface area contributed by atoms with Gasteiger partial charge in [0.05, 0.1) is 16.7 Å². The fraction of sp³-hybridized carbons (Fsp3) is 0.611. The topological polar surface area (TPSA) is 51.0 Å². The van der Waals surface area contributed by atoms with Gasteiger partial charge in [0.1, 0.15) is 10.7 Å². The van der Waals surface area contributed by atoms with Gasteiger partial charge in [0, 0.05) is 30.9 Å². The maximum atomic E-state index is 12.9. The van der Waals surface area contributed by atoms with Gasteiger partial charge in [0.2, 0.25) is 0 Å². The molecule has 0 radical (unpaired) electrons. The highest BCUT2D eigenvalue weighted by atomic mass is 32.1. The summed E-state index contributed by atoms with van der Waals surface area (Å²) < 4.78 is 2.40. The van der Waals surface area contributed by atoms with E-state index in [0.29, 0.717) is 12.0 Å². The first kappa shape index (κ1) is 15.8. The van der Waals surface area contributed by atoms with Crippen molar-refractivity contribution in [3.05, 3.63) is 33.3 Å². The second-order valence-electron chi connectivity index (χ2n) is 7.10. The Kier molecular flexibility index (Phi) is 3.95. The van der Waals surface area contributed by atoms with E-state index in [4.69, 9.17) is 0 Å². The van der Waals surface area contributed by atoms with Crippen LogP contribution < -0.4 is 0 Å². The third kappa shape index (κ3) is 2.77. The monoisotopic (exact) mass is 344 g/mol. The predicted octanol–water partition coefficient (Wildman–Crippen LogP) is 3.62. The molecule has 6 heteroatoms. The summed E-state index contributed by atoms with van der Waals surface area (Å²) in [6.07, 6.45) is 6.68. The number of carbonyl (C=O) groups excluding carboxylic acids is 1. The molecule has 1 amide bonds. The summed E-state index contributed by atoms with van der Waals surface area (Å²) >= 11 is 1.51. The summed E-state index contributed by atoms with van der Waals surface area (Å²) in [6.45, 7) is 7.66.